The Bertz CT molecular complexity index is 483. The first-order chi connectivity index (χ1) is 7.31. The summed E-state index contributed by atoms with van der Waals surface area (Å²) in [4.78, 5) is 11.3. The lowest BCUT2D eigenvalue weighted by molar-refractivity contribution is -0.115. The summed E-state index contributed by atoms with van der Waals surface area (Å²) in [7, 11) is 0. The first-order valence-corrected chi connectivity index (χ1v) is 5.82. The topological polar surface area (TPSA) is 42.0 Å². The van der Waals surface area contributed by atoms with Crippen molar-refractivity contribution in [3.63, 3.8) is 0 Å². The van der Waals surface area contributed by atoms with Crippen molar-refractivity contribution < 1.29 is 4.79 Å². The molecule has 0 saturated heterocycles. The number of rotatable bonds is 3. The van der Waals surface area contributed by atoms with Crippen molar-refractivity contribution in [1.29, 1.82) is 0 Å². The van der Waals surface area contributed by atoms with E-state index in [9.17, 15) is 4.79 Å². The summed E-state index contributed by atoms with van der Waals surface area (Å²) in [6.45, 7) is 0. The molecule has 2 rings (SSSR count). The average Bonchev–Trinajstić information content (AvgIpc) is 2.62. The molecule has 1 aromatic heterocycles. The number of carbonyl (C=O) groups is 1. The minimum Gasteiger partial charge on any atom is -0.309 e. The van der Waals surface area contributed by atoms with Crippen LogP contribution in [0.3, 0.4) is 0 Å². The third-order valence-corrected chi connectivity index (χ3v) is 2.97. The Morgan fingerprint density at radius 1 is 1.47 bits per heavy atom. The van der Waals surface area contributed by atoms with Gasteiger partial charge in [0.05, 0.1) is 4.70 Å². The number of hydrogen-bond acceptors (Lipinski definition) is 3. The predicted octanol–water partition coefficient (Wildman–Crippen LogP) is 2.86. The number of benzene rings is 1. The Labute approximate surface area is 96.2 Å². The molecular formula is C10H9ClN2OS. The van der Waals surface area contributed by atoms with E-state index in [4.69, 9.17) is 11.6 Å². The second kappa shape index (κ2) is 4.59. The number of hydrogen-bond donors (Lipinski definition) is 1. The van der Waals surface area contributed by atoms with E-state index in [0.717, 1.165) is 10.1 Å². The standard InChI is InChI=1S/C10H9ClN2OS/c11-6-5-9(14)12-10-7-3-1-2-4-8(7)15-13-10/h1-4H,5-6H2,(H,12,13,14). The molecule has 0 fully saturated rings. The van der Waals surface area contributed by atoms with Gasteiger partial charge < -0.3 is 5.32 Å². The van der Waals surface area contributed by atoms with E-state index in [1.165, 1.54) is 11.5 Å². The fourth-order valence-corrected chi connectivity index (χ4v) is 2.16. The SMILES string of the molecule is O=C(CCCl)Nc1nsc2ccccc12. The molecule has 0 radical (unpaired) electrons. The fourth-order valence-electron chi connectivity index (χ4n) is 1.26. The predicted molar refractivity (Wildman–Crippen MR) is 63.6 cm³/mol. The zero-order chi connectivity index (χ0) is 10.7. The fraction of sp³-hybridized carbons (Fsp3) is 0.200. The van der Waals surface area contributed by atoms with E-state index < -0.39 is 0 Å². The van der Waals surface area contributed by atoms with Crippen molar-refractivity contribution in [3.8, 4) is 0 Å². The molecule has 0 aliphatic heterocycles. The number of halogens is 1. The van der Waals surface area contributed by atoms with Gasteiger partial charge >= 0.3 is 0 Å². The van der Waals surface area contributed by atoms with Gasteiger partial charge in [-0.25, -0.2) is 0 Å². The molecule has 2 aromatic rings. The van der Waals surface area contributed by atoms with E-state index in [0.29, 0.717) is 18.1 Å². The molecule has 0 spiro atoms. The number of fused-ring (bicyclic) bond motifs is 1. The molecule has 0 unspecified atom stereocenters. The summed E-state index contributed by atoms with van der Waals surface area (Å²) in [5.41, 5.74) is 0. The molecule has 0 bridgehead atoms. The van der Waals surface area contributed by atoms with Crippen molar-refractivity contribution in [1.82, 2.24) is 4.37 Å². The number of anilines is 1. The smallest absolute Gasteiger partial charge is 0.226 e. The Balaban J connectivity index is 2.25. The van der Waals surface area contributed by atoms with Gasteiger partial charge in [-0.3, -0.25) is 4.79 Å². The molecule has 1 heterocycles. The van der Waals surface area contributed by atoms with E-state index in [1.54, 1.807) is 0 Å². The molecule has 1 amide bonds. The van der Waals surface area contributed by atoms with Gasteiger partial charge in [0.1, 0.15) is 0 Å². The molecule has 0 aliphatic rings. The van der Waals surface area contributed by atoms with Crippen molar-refractivity contribution in [2.75, 3.05) is 11.2 Å². The van der Waals surface area contributed by atoms with Crippen LogP contribution in [0.1, 0.15) is 6.42 Å². The Hall–Kier alpha value is -1.13. The highest BCUT2D eigenvalue weighted by atomic mass is 35.5. The van der Waals surface area contributed by atoms with Crippen LogP contribution in [-0.4, -0.2) is 16.2 Å². The summed E-state index contributed by atoms with van der Waals surface area (Å²) in [6.07, 6.45) is 0.313. The summed E-state index contributed by atoms with van der Waals surface area (Å²) in [6, 6.07) is 7.79. The van der Waals surface area contributed by atoms with Gasteiger partial charge in [0.2, 0.25) is 5.91 Å². The average molecular weight is 241 g/mol. The summed E-state index contributed by atoms with van der Waals surface area (Å²) < 4.78 is 5.25. The number of carbonyl (C=O) groups excluding carboxylic acids is 1. The lowest BCUT2D eigenvalue weighted by Crippen LogP contribution is -2.11. The third-order valence-electron chi connectivity index (χ3n) is 1.96. The van der Waals surface area contributed by atoms with Crippen LogP contribution < -0.4 is 5.32 Å². The van der Waals surface area contributed by atoms with Gasteiger partial charge in [-0.05, 0) is 23.7 Å². The summed E-state index contributed by atoms with van der Waals surface area (Å²) in [5.74, 6) is 0.861. The van der Waals surface area contributed by atoms with E-state index in [1.807, 2.05) is 24.3 Å². The molecule has 0 atom stereocenters. The number of nitrogens with one attached hydrogen (secondary N) is 1. The normalized spacial score (nSPS) is 10.5. The van der Waals surface area contributed by atoms with E-state index >= 15 is 0 Å². The van der Waals surface area contributed by atoms with Crippen LogP contribution in [0.4, 0.5) is 5.82 Å². The Morgan fingerprint density at radius 3 is 3.07 bits per heavy atom. The first kappa shape index (κ1) is 10.4. The number of alkyl halides is 1. The van der Waals surface area contributed by atoms with Crippen molar-refractivity contribution >= 4 is 44.9 Å². The maximum absolute atomic E-state index is 11.3. The minimum absolute atomic E-state index is 0.0962. The van der Waals surface area contributed by atoms with Crippen molar-refractivity contribution in [2.24, 2.45) is 0 Å². The van der Waals surface area contributed by atoms with Crippen LogP contribution in [0.15, 0.2) is 24.3 Å². The molecule has 0 saturated carbocycles. The highest BCUT2D eigenvalue weighted by molar-refractivity contribution is 7.13. The molecular weight excluding hydrogens is 232 g/mol. The highest BCUT2D eigenvalue weighted by Gasteiger charge is 2.08. The molecule has 78 valence electrons. The van der Waals surface area contributed by atoms with Gasteiger partial charge in [-0.1, -0.05) is 12.1 Å². The van der Waals surface area contributed by atoms with Crippen LogP contribution in [-0.2, 0) is 4.79 Å². The van der Waals surface area contributed by atoms with Gasteiger partial charge in [0, 0.05) is 17.7 Å². The first-order valence-electron chi connectivity index (χ1n) is 4.51. The van der Waals surface area contributed by atoms with Gasteiger partial charge in [0.25, 0.3) is 0 Å². The van der Waals surface area contributed by atoms with Crippen LogP contribution in [0.5, 0.6) is 0 Å². The van der Waals surface area contributed by atoms with Crippen molar-refractivity contribution in [3.05, 3.63) is 24.3 Å². The number of aromatic nitrogens is 1. The van der Waals surface area contributed by atoms with Crippen LogP contribution in [0.2, 0.25) is 0 Å². The molecule has 15 heavy (non-hydrogen) atoms. The second-order valence-corrected chi connectivity index (χ2v) is 4.20. The van der Waals surface area contributed by atoms with Gasteiger partial charge in [-0.2, -0.15) is 4.37 Å². The van der Waals surface area contributed by atoms with Crippen LogP contribution >= 0.6 is 23.1 Å². The lowest BCUT2D eigenvalue weighted by atomic mass is 10.2. The lowest BCUT2D eigenvalue weighted by Gasteiger charge is -1.99. The Morgan fingerprint density at radius 2 is 2.27 bits per heavy atom. The molecule has 1 aromatic carbocycles. The highest BCUT2D eigenvalue weighted by Crippen LogP contribution is 2.26. The van der Waals surface area contributed by atoms with Gasteiger partial charge in [0.15, 0.2) is 5.82 Å². The monoisotopic (exact) mass is 240 g/mol. The third kappa shape index (κ3) is 2.27. The Kier molecular flexibility index (Phi) is 3.18. The number of nitrogens with zero attached hydrogens (tertiary/aromatic N) is 1. The summed E-state index contributed by atoms with van der Waals surface area (Å²) in [5, 5.41) is 3.72. The zero-order valence-electron chi connectivity index (χ0n) is 7.87. The quantitative estimate of drug-likeness (QED) is 0.839. The maximum atomic E-state index is 11.3. The van der Waals surface area contributed by atoms with E-state index in [-0.39, 0.29) is 5.91 Å². The maximum Gasteiger partial charge on any atom is 0.226 e. The van der Waals surface area contributed by atoms with Gasteiger partial charge in [-0.15, -0.1) is 11.6 Å². The molecule has 0 aliphatic carbocycles. The largest absolute Gasteiger partial charge is 0.309 e. The van der Waals surface area contributed by atoms with Crippen LogP contribution in [0, 0.1) is 0 Å². The molecule has 3 nitrogen and oxygen atoms in total. The minimum atomic E-state index is -0.0962. The molecule has 1 N–H and O–H groups in total. The summed E-state index contributed by atoms with van der Waals surface area (Å²) >= 11 is 6.85. The number of amides is 1. The van der Waals surface area contributed by atoms with E-state index in [2.05, 4.69) is 9.69 Å². The van der Waals surface area contributed by atoms with Crippen molar-refractivity contribution in [2.45, 2.75) is 6.42 Å². The molecule has 5 heteroatoms. The van der Waals surface area contributed by atoms with Crippen LogP contribution in [0.25, 0.3) is 10.1 Å². The zero-order valence-corrected chi connectivity index (χ0v) is 9.44. The second-order valence-electron chi connectivity index (χ2n) is 3.01.